The third-order valence-corrected chi connectivity index (χ3v) is 7.87. The van der Waals surface area contributed by atoms with Crippen LogP contribution in [0.1, 0.15) is 56.0 Å². The van der Waals surface area contributed by atoms with E-state index < -0.39 is 18.3 Å². The first kappa shape index (κ1) is 25.6. The summed E-state index contributed by atoms with van der Waals surface area (Å²) in [5, 5.41) is 1.07. The van der Waals surface area contributed by atoms with Crippen LogP contribution in [0.2, 0.25) is 0 Å². The second kappa shape index (κ2) is 9.34. The number of hydrogen-bond donors (Lipinski definition) is 0. The minimum Gasteiger partial charge on any atom is -0.399 e. The first-order valence-electron chi connectivity index (χ1n) is 12.7. The van der Waals surface area contributed by atoms with Crippen molar-refractivity contribution >= 4 is 35.1 Å². The summed E-state index contributed by atoms with van der Waals surface area (Å²) in [7, 11) is 5.04. The Hall–Kier alpha value is -3.08. The van der Waals surface area contributed by atoms with Crippen molar-refractivity contribution in [3.63, 3.8) is 0 Å². The summed E-state index contributed by atoms with van der Waals surface area (Å²) in [5.41, 5.74) is 4.53. The molecule has 0 aromatic carbocycles. The number of amides is 1. The van der Waals surface area contributed by atoms with Crippen LogP contribution in [-0.2, 0) is 22.9 Å². The van der Waals surface area contributed by atoms with Crippen LogP contribution >= 0.6 is 0 Å². The molecule has 3 aromatic heterocycles. The Morgan fingerprint density at radius 3 is 2.38 bits per heavy atom. The van der Waals surface area contributed by atoms with Crippen LogP contribution in [0.4, 0.5) is 0 Å². The van der Waals surface area contributed by atoms with Crippen molar-refractivity contribution in [1.29, 1.82) is 0 Å². The predicted octanol–water partition coefficient (Wildman–Crippen LogP) is 2.65. The summed E-state index contributed by atoms with van der Waals surface area (Å²) in [6.07, 6.45) is 8.45. The van der Waals surface area contributed by atoms with Crippen LogP contribution in [-0.4, -0.2) is 80.7 Å². The zero-order chi connectivity index (χ0) is 26.5. The molecule has 5 rings (SSSR count). The zero-order valence-electron chi connectivity index (χ0n) is 22.8. The normalized spacial score (nSPS) is 19.3. The van der Waals surface area contributed by atoms with Gasteiger partial charge >= 0.3 is 7.12 Å². The maximum absolute atomic E-state index is 12.1. The molecule has 0 unspecified atom stereocenters. The molecule has 37 heavy (non-hydrogen) atoms. The molecule has 2 aliphatic heterocycles. The lowest BCUT2D eigenvalue weighted by Crippen LogP contribution is -2.41. The van der Waals surface area contributed by atoms with Crippen molar-refractivity contribution in [3.8, 4) is 0 Å². The molecular weight excluding hydrogens is 467 g/mol. The van der Waals surface area contributed by atoms with Crippen molar-refractivity contribution in [1.82, 2.24) is 29.3 Å². The van der Waals surface area contributed by atoms with Crippen molar-refractivity contribution in [2.45, 2.75) is 51.9 Å². The number of aromatic nitrogens is 4. The zero-order valence-corrected chi connectivity index (χ0v) is 22.8. The summed E-state index contributed by atoms with van der Waals surface area (Å²) < 4.78 is 14.8. The van der Waals surface area contributed by atoms with Gasteiger partial charge in [-0.2, -0.15) is 0 Å². The Balaban J connectivity index is 1.31. The van der Waals surface area contributed by atoms with Crippen LogP contribution in [0.15, 0.2) is 36.8 Å². The molecule has 5 heterocycles. The van der Waals surface area contributed by atoms with Gasteiger partial charge in [0.1, 0.15) is 5.65 Å². The van der Waals surface area contributed by atoms with Crippen LogP contribution in [0.5, 0.6) is 0 Å². The van der Waals surface area contributed by atoms with Gasteiger partial charge in [-0.15, -0.1) is 0 Å². The fourth-order valence-electron chi connectivity index (χ4n) is 4.77. The van der Waals surface area contributed by atoms with Crippen LogP contribution in [0.25, 0.3) is 16.6 Å². The van der Waals surface area contributed by atoms with E-state index in [0.717, 1.165) is 48.1 Å². The maximum Gasteiger partial charge on any atom is 0.495 e. The Morgan fingerprint density at radius 1 is 1.11 bits per heavy atom. The van der Waals surface area contributed by atoms with E-state index in [0.29, 0.717) is 0 Å². The highest BCUT2D eigenvalue weighted by molar-refractivity contribution is 6.65. The van der Waals surface area contributed by atoms with E-state index in [2.05, 4.69) is 71.3 Å². The molecule has 1 amide bonds. The molecule has 0 N–H and O–H groups in total. The molecule has 1 saturated heterocycles. The molecular formula is C27H35BN6O3. The van der Waals surface area contributed by atoms with Crippen molar-refractivity contribution < 1.29 is 14.1 Å². The molecule has 0 saturated carbocycles. The molecule has 0 aliphatic carbocycles. The number of aryl methyl sites for hydroxylation is 1. The second-order valence-electron chi connectivity index (χ2n) is 11.1. The van der Waals surface area contributed by atoms with E-state index in [1.54, 1.807) is 26.5 Å². The number of pyridine rings is 1. The van der Waals surface area contributed by atoms with Gasteiger partial charge in [0.15, 0.2) is 0 Å². The summed E-state index contributed by atoms with van der Waals surface area (Å²) in [6, 6.07) is 4.22. The maximum atomic E-state index is 12.1. The molecule has 0 radical (unpaired) electrons. The number of carbonyl (C=O) groups is 1. The van der Waals surface area contributed by atoms with Gasteiger partial charge < -0.3 is 18.8 Å². The van der Waals surface area contributed by atoms with E-state index in [4.69, 9.17) is 9.31 Å². The molecule has 0 bridgehead atoms. The number of rotatable bonds is 5. The highest BCUT2D eigenvalue weighted by atomic mass is 16.7. The Bertz CT molecular complexity index is 1350. The number of carbonyl (C=O) groups excluding carboxylic acids is 1. The fraction of sp³-hybridized carbons (Fsp3) is 0.481. The van der Waals surface area contributed by atoms with Gasteiger partial charge in [-0.05, 0) is 57.3 Å². The van der Waals surface area contributed by atoms with E-state index in [1.165, 1.54) is 16.2 Å². The van der Waals surface area contributed by atoms with Gasteiger partial charge in [0.2, 0.25) is 5.82 Å². The highest BCUT2D eigenvalue weighted by Gasteiger charge is 2.52. The molecule has 9 nitrogen and oxygen atoms in total. The van der Waals surface area contributed by atoms with Gasteiger partial charge in [0, 0.05) is 76.0 Å². The first-order valence-corrected chi connectivity index (χ1v) is 12.7. The molecule has 10 heteroatoms. The van der Waals surface area contributed by atoms with Gasteiger partial charge in [0.25, 0.3) is 5.91 Å². The molecule has 1 fully saturated rings. The molecule has 0 spiro atoms. The topological polar surface area (TPSA) is 85.6 Å². The monoisotopic (exact) mass is 502 g/mol. The third-order valence-electron chi connectivity index (χ3n) is 7.87. The molecule has 0 atom stereocenters. The van der Waals surface area contributed by atoms with Gasteiger partial charge in [-0.3, -0.25) is 9.69 Å². The molecule has 3 aromatic rings. The van der Waals surface area contributed by atoms with E-state index in [1.807, 2.05) is 12.3 Å². The van der Waals surface area contributed by atoms with Crippen LogP contribution in [0, 0.1) is 0 Å². The Labute approximate surface area is 218 Å². The lowest BCUT2D eigenvalue weighted by Gasteiger charge is -2.32. The molecule has 194 valence electrons. The lowest BCUT2D eigenvalue weighted by molar-refractivity contribution is 0.00578. The van der Waals surface area contributed by atoms with Crippen molar-refractivity contribution in [3.05, 3.63) is 53.9 Å². The van der Waals surface area contributed by atoms with E-state index in [-0.39, 0.29) is 11.7 Å². The van der Waals surface area contributed by atoms with Gasteiger partial charge in [-0.25, -0.2) is 15.0 Å². The van der Waals surface area contributed by atoms with Gasteiger partial charge in [-0.1, -0.05) is 6.08 Å². The quantitative estimate of drug-likeness (QED) is 0.496. The summed E-state index contributed by atoms with van der Waals surface area (Å²) in [6.45, 7) is 10.9. The number of fused-ring (bicyclic) bond motifs is 1. The first-order chi connectivity index (χ1) is 17.5. The number of hydrogen-bond acceptors (Lipinski definition) is 7. The third kappa shape index (κ3) is 4.69. The number of nitrogens with zero attached hydrogens (tertiary/aromatic N) is 6. The van der Waals surface area contributed by atoms with Crippen molar-refractivity contribution in [2.24, 2.45) is 7.05 Å². The average molecular weight is 502 g/mol. The van der Waals surface area contributed by atoms with Crippen LogP contribution in [0.3, 0.4) is 0 Å². The average Bonchev–Trinajstić information content (AvgIpc) is 3.29. The Kier molecular flexibility index (Phi) is 6.46. The fourth-order valence-corrected chi connectivity index (χ4v) is 4.77. The van der Waals surface area contributed by atoms with E-state index >= 15 is 0 Å². The predicted molar refractivity (Wildman–Crippen MR) is 144 cm³/mol. The lowest BCUT2D eigenvalue weighted by atomic mass is 9.78. The summed E-state index contributed by atoms with van der Waals surface area (Å²) >= 11 is 0. The van der Waals surface area contributed by atoms with Gasteiger partial charge in [0.05, 0.1) is 11.2 Å². The Morgan fingerprint density at radius 2 is 1.78 bits per heavy atom. The SMILES string of the molecule is CN(C)C(=O)c1ncc(C2=CCN(Cc3cc4c(B5OC(C)(C)C(C)(C)O5)ccnc4n3C)CC2)cn1. The molecule has 2 aliphatic rings. The van der Waals surface area contributed by atoms with E-state index in [9.17, 15) is 4.79 Å². The minimum absolute atomic E-state index is 0.193. The highest BCUT2D eigenvalue weighted by Crippen LogP contribution is 2.37. The standard InChI is InChI=1S/C27H35BN6O3/c1-26(2)27(3,4)37-28(36-26)22-8-11-29-24-21(22)14-20(33(24)7)17-34-12-9-18(10-13-34)19-15-30-23(31-16-19)25(35)32(5)6/h8-9,11,14-16H,10,12-13,17H2,1-7H3. The summed E-state index contributed by atoms with van der Waals surface area (Å²) in [5.74, 6) is 0.0255. The second-order valence-corrected chi connectivity index (χ2v) is 11.1. The summed E-state index contributed by atoms with van der Waals surface area (Å²) in [4.78, 5) is 29.1. The minimum atomic E-state index is -0.423. The largest absolute Gasteiger partial charge is 0.495 e. The smallest absolute Gasteiger partial charge is 0.399 e. The van der Waals surface area contributed by atoms with Crippen LogP contribution < -0.4 is 5.46 Å². The van der Waals surface area contributed by atoms with Crippen molar-refractivity contribution in [2.75, 3.05) is 27.2 Å².